The number of methoxy groups -OCH3 is 1. The van der Waals surface area contributed by atoms with Gasteiger partial charge in [0.05, 0.1) is 13.2 Å². The summed E-state index contributed by atoms with van der Waals surface area (Å²) in [5.41, 5.74) is 0.0941. The van der Waals surface area contributed by atoms with Gasteiger partial charge in [-0.25, -0.2) is 9.78 Å². The fourth-order valence-corrected chi connectivity index (χ4v) is 2.34. The van der Waals surface area contributed by atoms with Gasteiger partial charge in [0.25, 0.3) is 5.56 Å². The molecule has 2 aromatic rings. The van der Waals surface area contributed by atoms with E-state index in [1.165, 1.54) is 18.7 Å². The summed E-state index contributed by atoms with van der Waals surface area (Å²) in [6.07, 6.45) is 0. The monoisotopic (exact) mass is 317 g/mol. The zero-order valence-electron chi connectivity index (χ0n) is 13.5. The van der Waals surface area contributed by atoms with Gasteiger partial charge in [-0.15, -0.1) is 0 Å². The number of hydrogen-bond acceptors (Lipinski definition) is 5. The maximum absolute atomic E-state index is 12.3. The van der Waals surface area contributed by atoms with E-state index in [0.717, 1.165) is 5.56 Å². The molecule has 7 heteroatoms. The fraction of sp³-hybridized carbons (Fsp3) is 0.312. The van der Waals surface area contributed by atoms with Gasteiger partial charge in [0.1, 0.15) is 0 Å². The molecule has 1 atom stereocenters. The Balaban J connectivity index is 2.55. The van der Waals surface area contributed by atoms with Crippen LogP contribution in [0, 0.1) is 0 Å². The van der Waals surface area contributed by atoms with Crippen molar-refractivity contribution in [3.63, 3.8) is 0 Å². The summed E-state index contributed by atoms with van der Waals surface area (Å²) in [6, 6.07) is 9.58. The second-order valence-electron chi connectivity index (χ2n) is 5.16. The van der Waals surface area contributed by atoms with Crippen LogP contribution in [0.1, 0.15) is 29.0 Å². The maximum Gasteiger partial charge on any atom is 0.358 e. The van der Waals surface area contributed by atoms with Crippen LogP contribution in [0.25, 0.3) is 0 Å². The van der Waals surface area contributed by atoms with Crippen LogP contribution >= 0.6 is 0 Å². The highest BCUT2D eigenvalue weighted by Gasteiger charge is 2.24. The lowest BCUT2D eigenvalue weighted by Crippen LogP contribution is -2.33. The van der Waals surface area contributed by atoms with Crippen LogP contribution in [0.4, 0.5) is 5.95 Å². The number of carboxylic acids is 1. The molecule has 1 N–H and O–H groups in total. The molecule has 7 nitrogen and oxygen atoms in total. The van der Waals surface area contributed by atoms with Crippen LogP contribution in [-0.2, 0) is 7.05 Å². The molecule has 0 fully saturated rings. The Hall–Kier alpha value is -2.83. The molecule has 0 aliphatic rings. The molecule has 0 unspecified atom stereocenters. The summed E-state index contributed by atoms with van der Waals surface area (Å²) in [5, 5.41) is 9.26. The summed E-state index contributed by atoms with van der Waals surface area (Å²) in [7, 11) is 4.55. The number of aromatic nitrogens is 2. The summed E-state index contributed by atoms with van der Waals surface area (Å²) in [4.78, 5) is 29.5. The Kier molecular flexibility index (Phi) is 4.68. The second kappa shape index (κ2) is 6.51. The molecular weight excluding hydrogens is 298 g/mol. The number of nitrogens with zero attached hydrogens (tertiary/aromatic N) is 3. The number of carbonyl (C=O) groups is 1. The van der Waals surface area contributed by atoms with E-state index < -0.39 is 17.2 Å². The van der Waals surface area contributed by atoms with Crippen molar-refractivity contribution in [3.8, 4) is 5.75 Å². The van der Waals surface area contributed by atoms with E-state index in [9.17, 15) is 14.7 Å². The van der Waals surface area contributed by atoms with Gasteiger partial charge in [-0.05, 0) is 12.5 Å². The molecule has 0 saturated carbocycles. The highest BCUT2D eigenvalue weighted by molar-refractivity contribution is 5.88. The van der Waals surface area contributed by atoms with Gasteiger partial charge in [0.2, 0.25) is 11.7 Å². The number of carboxylic acid groups (broad SMARTS) is 1. The average molecular weight is 317 g/mol. The zero-order valence-corrected chi connectivity index (χ0v) is 13.5. The molecule has 0 saturated heterocycles. The minimum atomic E-state index is -1.30. The smallest absolute Gasteiger partial charge is 0.358 e. The molecule has 0 amide bonds. The Morgan fingerprint density at radius 2 is 1.96 bits per heavy atom. The van der Waals surface area contributed by atoms with Crippen molar-refractivity contribution in [2.45, 2.75) is 13.0 Å². The Morgan fingerprint density at radius 3 is 2.48 bits per heavy atom. The normalized spacial score (nSPS) is 11.8. The van der Waals surface area contributed by atoms with Crippen LogP contribution < -0.4 is 15.2 Å². The Bertz CT molecular complexity index is 771. The fourth-order valence-electron chi connectivity index (χ4n) is 2.34. The molecule has 1 aromatic heterocycles. The molecule has 23 heavy (non-hydrogen) atoms. The number of ether oxygens (including phenoxy) is 1. The number of rotatable bonds is 5. The molecule has 122 valence electrons. The first-order valence-electron chi connectivity index (χ1n) is 7.04. The lowest BCUT2D eigenvalue weighted by molar-refractivity contribution is 0.0685. The van der Waals surface area contributed by atoms with Gasteiger partial charge in [0, 0.05) is 14.1 Å². The third-order valence-corrected chi connectivity index (χ3v) is 3.81. The van der Waals surface area contributed by atoms with E-state index in [-0.39, 0.29) is 17.7 Å². The van der Waals surface area contributed by atoms with Crippen molar-refractivity contribution >= 4 is 11.9 Å². The molecule has 0 spiro atoms. The third-order valence-electron chi connectivity index (χ3n) is 3.81. The molecule has 0 bridgehead atoms. The summed E-state index contributed by atoms with van der Waals surface area (Å²) in [6.45, 7) is 1.95. The predicted molar refractivity (Wildman–Crippen MR) is 86.2 cm³/mol. The summed E-state index contributed by atoms with van der Waals surface area (Å²) >= 11 is 0. The highest BCUT2D eigenvalue weighted by atomic mass is 16.5. The number of benzene rings is 1. The van der Waals surface area contributed by atoms with E-state index in [1.54, 1.807) is 11.9 Å². The Labute approximate surface area is 133 Å². The molecule has 1 heterocycles. The van der Waals surface area contributed by atoms with Gasteiger partial charge < -0.3 is 14.7 Å². The van der Waals surface area contributed by atoms with Crippen molar-refractivity contribution in [2.75, 3.05) is 19.1 Å². The largest absolute Gasteiger partial charge is 0.489 e. The van der Waals surface area contributed by atoms with Gasteiger partial charge in [-0.3, -0.25) is 9.36 Å². The van der Waals surface area contributed by atoms with E-state index >= 15 is 0 Å². The highest BCUT2D eigenvalue weighted by Crippen LogP contribution is 2.24. The van der Waals surface area contributed by atoms with Gasteiger partial charge in [-0.1, -0.05) is 30.3 Å². The third kappa shape index (κ3) is 3.03. The van der Waals surface area contributed by atoms with Crippen molar-refractivity contribution < 1.29 is 14.6 Å². The second-order valence-corrected chi connectivity index (χ2v) is 5.16. The van der Waals surface area contributed by atoms with Crippen LogP contribution in [0.5, 0.6) is 5.75 Å². The van der Waals surface area contributed by atoms with Crippen LogP contribution in [-0.4, -0.2) is 34.8 Å². The molecular formula is C16H19N3O4. The van der Waals surface area contributed by atoms with Gasteiger partial charge >= 0.3 is 5.97 Å². The van der Waals surface area contributed by atoms with Crippen LogP contribution in [0.3, 0.4) is 0 Å². The lowest BCUT2D eigenvalue weighted by Gasteiger charge is -2.28. The van der Waals surface area contributed by atoms with Crippen molar-refractivity contribution in [2.24, 2.45) is 7.05 Å². The van der Waals surface area contributed by atoms with Crippen LogP contribution in [0.15, 0.2) is 35.1 Å². The standard InChI is InChI=1S/C16H19N3O4/c1-10(11-8-6-5-7-9-11)18(2)16-17-12(15(21)22)13(23-4)14(20)19(16)3/h5-10H,1-4H3,(H,21,22)/t10-/m0/s1. The topological polar surface area (TPSA) is 84.7 Å². The number of hydrogen-bond donors (Lipinski definition) is 1. The van der Waals surface area contributed by atoms with Crippen molar-refractivity contribution in [1.29, 1.82) is 0 Å². The van der Waals surface area contributed by atoms with E-state index in [0.29, 0.717) is 0 Å². The minimum absolute atomic E-state index is 0.0932. The number of aromatic carboxylic acids is 1. The quantitative estimate of drug-likeness (QED) is 0.903. The lowest BCUT2D eigenvalue weighted by atomic mass is 10.1. The van der Waals surface area contributed by atoms with Gasteiger partial charge in [0.15, 0.2) is 5.69 Å². The molecule has 0 aliphatic heterocycles. The SMILES string of the molecule is COc1c(C(=O)O)nc(N(C)[C@@H](C)c2ccccc2)n(C)c1=O. The first-order valence-corrected chi connectivity index (χ1v) is 7.04. The predicted octanol–water partition coefficient (Wildman–Crippen LogP) is 1.68. The van der Waals surface area contributed by atoms with Crippen LogP contribution in [0.2, 0.25) is 0 Å². The summed E-state index contributed by atoms with van der Waals surface area (Å²) in [5.74, 6) is -1.32. The molecule has 0 aliphatic carbocycles. The molecule has 0 radical (unpaired) electrons. The van der Waals surface area contributed by atoms with E-state index in [1.807, 2.05) is 37.3 Å². The summed E-state index contributed by atoms with van der Waals surface area (Å²) < 4.78 is 6.19. The van der Waals surface area contributed by atoms with Crippen molar-refractivity contribution in [1.82, 2.24) is 9.55 Å². The average Bonchev–Trinajstić information content (AvgIpc) is 2.56. The zero-order chi connectivity index (χ0) is 17.1. The van der Waals surface area contributed by atoms with Gasteiger partial charge in [-0.2, -0.15) is 0 Å². The Morgan fingerprint density at radius 1 is 1.35 bits per heavy atom. The first-order chi connectivity index (χ1) is 10.9. The molecule has 2 rings (SSSR count). The van der Waals surface area contributed by atoms with E-state index in [4.69, 9.17) is 4.74 Å². The number of anilines is 1. The minimum Gasteiger partial charge on any atom is -0.489 e. The van der Waals surface area contributed by atoms with E-state index in [2.05, 4.69) is 4.98 Å². The molecule has 1 aromatic carbocycles. The maximum atomic E-state index is 12.3. The first kappa shape index (κ1) is 16.5. The van der Waals surface area contributed by atoms with Crippen molar-refractivity contribution in [3.05, 3.63) is 51.9 Å².